The molecular weight excluding hydrogens is 769 g/mol. The van der Waals surface area contributed by atoms with Gasteiger partial charge in [-0.3, -0.25) is 4.57 Å². The fourth-order valence-electron chi connectivity index (χ4n) is 8.80. The molecule has 6 aromatic carbocycles. The van der Waals surface area contributed by atoms with Gasteiger partial charge in [0.1, 0.15) is 24.0 Å². The van der Waals surface area contributed by atoms with E-state index in [2.05, 4.69) is 237 Å². The molecule has 0 saturated heterocycles. The highest BCUT2D eigenvalue weighted by Gasteiger charge is 2.30. The fraction of sp³-hybridized carbons (Fsp3) is 0.293. The number of nitrogens with zero attached hydrogens (tertiary/aromatic N) is 4. The molecule has 5 heteroatoms. The molecule has 0 fully saturated rings. The van der Waals surface area contributed by atoms with Gasteiger partial charge in [0.25, 0.3) is 0 Å². The SMILES string of the molecule is CC(C)(C)c1ccc(-c2ccc3c4ccc(Oc5cccc(N6CN(c7cc(C(C)(C)C)cc(C(C)(C)C)c7)c7ccccc76)c5)cc4n(-c4cc(C(C)(C)C)ccn4)c3c2)cc1. The van der Waals surface area contributed by atoms with Crippen molar-refractivity contribution in [2.24, 2.45) is 0 Å². The molecule has 0 unspecified atom stereocenters. The Balaban J connectivity index is 1.10. The number of para-hydroxylation sites is 2. The summed E-state index contributed by atoms with van der Waals surface area (Å²) in [7, 11) is 0. The van der Waals surface area contributed by atoms with Crippen LogP contribution in [0.3, 0.4) is 0 Å². The van der Waals surface area contributed by atoms with Crippen molar-refractivity contribution in [1.29, 1.82) is 0 Å². The summed E-state index contributed by atoms with van der Waals surface area (Å²) in [6.45, 7) is 28.0. The maximum absolute atomic E-state index is 6.81. The molecule has 0 aliphatic carbocycles. The van der Waals surface area contributed by atoms with E-state index in [-0.39, 0.29) is 21.7 Å². The zero-order valence-electron chi connectivity index (χ0n) is 39.3. The first-order chi connectivity index (χ1) is 29.7. The second kappa shape index (κ2) is 15.2. The summed E-state index contributed by atoms with van der Waals surface area (Å²) in [5.41, 5.74) is 14.5. The van der Waals surface area contributed by atoms with Crippen LogP contribution in [0.5, 0.6) is 11.5 Å². The van der Waals surface area contributed by atoms with Crippen molar-refractivity contribution in [3.05, 3.63) is 168 Å². The highest BCUT2D eigenvalue weighted by Crippen LogP contribution is 2.47. The third kappa shape index (κ3) is 8.10. The molecule has 0 N–H and O–H groups in total. The normalized spacial score (nSPS) is 13.6. The number of rotatable bonds is 6. The number of hydrogen-bond acceptors (Lipinski definition) is 4. The molecule has 1 aliphatic heterocycles. The zero-order chi connectivity index (χ0) is 44.6. The van der Waals surface area contributed by atoms with E-state index in [9.17, 15) is 0 Å². The summed E-state index contributed by atoms with van der Waals surface area (Å²) < 4.78 is 9.13. The molecule has 2 aromatic heterocycles. The van der Waals surface area contributed by atoms with Crippen LogP contribution in [0.4, 0.5) is 22.7 Å². The number of aromatic nitrogens is 2. The fourth-order valence-corrected chi connectivity index (χ4v) is 8.80. The van der Waals surface area contributed by atoms with Gasteiger partial charge in [-0.25, -0.2) is 4.98 Å². The standard InChI is InChI=1S/C58H62N4O/c1-55(2,3)40-23-20-38(21-24-40)39-22-26-48-49-27-25-47(36-53(49)62(52(48)30-39)54-34-41(28-29-59-54)56(4,5)6)63-46-17-15-16-44(35-46)60-37-61(51-19-14-13-18-50(51)60)45-32-42(57(7,8)9)31-43(33-45)58(10,11)12/h13-36H,37H2,1-12H3. The third-order valence-corrected chi connectivity index (χ3v) is 12.7. The van der Waals surface area contributed by atoms with Crippen molar-refractivity contribution < 1.29 is 4.74 Å². The van der Waals surface area contributed by atoms with Gasteiger partial charge in [0.15, 0.2) is 0 Å². The van der Waals surface area contributed by atoms with E-state index in [4.69, 9.17) is 9.72 Å². The molecule has 63 heavy (non-hydrogen) atoms. The minimum absolute atomic E-state index is 0.0207. The lowest BCUT2D eigenvalue weighted by molar-refractivity contribution is 0.483. The summed E-state index contributed by atoms with van der Waals surface area (Å²) in [5, 5.41) is 2.33. The van der Waals surface area contributed by atoms with Gasteiger partial charge in [0, 0.05) is 40.5 Å². The number of hydrogen-bond donors (Lipinski definition) is 0. The molecule has 0 radical (unpaired) electrons. The molecule has 0 spiro atoms. The van der Waals surface area contributed by atoms with E-state index < -0.39 is 0 Å². The maximum atomic E-state index is 6.81. The molecule has 1 aliphatic rings. The number of ether oxygens (including phenoxy) is 1. The first-order valence-electron chi connectivity index (χ1n) is 22.5. The highest BCUT2D eigenvalue weighted by atomic mass is 16.5. The molecule has 5 nitrogen and oxygen atoms in total. The van der Waals surface area contributed by atoms with Crippen molar-refractivity contribution in [2.75, 3.05) is 16.5 Å². The zero-order valence-corrected chi connectivity index (χ0v) is 39.3. The first kappa shape index (κ1) is 42.0. The van der Waals surface area contributed by atoms with Crippen LogP contribution in [-0.4, -0.2) is 16.2 Å². The Bertz CT molecular complexity index is 2970. The predicted molar refractivity (Wildman–Crippen MR) is 267 cm³/mol. The van der Waals surface area contributed by atoms with Gasteiger partial charge in [-0.15, -0.1) is 0 Å². The summed E-state index contributed by atoms with van der Waals surface area (Å²) in [5.74, 6) is 2.44. The Morgan fingerprint density at radius 2 is 0.984 bits per heavy atom. The quantitative estimate of drug-likeness (QED) is 0.167. The molecule has 320 valence electrons. The Kier molecular flexibility index (Phi) is 10.1. The van der Waals surface area contributed by atoms with Crippen molar-refractivity contribution in [1.82, 2.24) is 9.55 Å². The van der Waals surface area contributed by atoms with Crippen molar-refractivity contribution in [3.63, 3.8) is 0 Å². The van der Waals surface area contributed by atoms with Crippen LogP contribution >= 0.6 is 0 Å². The third-order valence-electron chi connectivity index (χ3n) is 12.7. The molecule has 0 atom stereocenters. The Labute approximate surface area is 375 Å². The summed E-state index contributed by atoms with van der Waals surface area (Å²) in [6.07, 6.45) is 1.94. The van der Waals surface area contributed by atoms with Crippen LogP contribution in [0.1, 0.15) is 105 Å². The molecule has 3 heterocycles. The van der Waals surface area contributed by atoms with Gasteiger partial charge in [0.05, 0.1) is 22.4 Å². The van der Waals surface area contributed by atoms with E-state index in [1.165, 1.54) is 55.8 Å². The van der Waals surface area contributed by atoms with Crippen molar-refractivity contribution >= 4 is 44.6 Å². The van der Waals surface area contributed by atoms with Crippen LogP contribution in [-0.2, 0) is 21.7 Å². The second-order valence-corrected chi connectivity index (χ2v) is 21.6. The Morgan fingerprint density at radius 3 is 1.60 bits per heavy atom. The number of pyridine rings is 1. The van der Waals surface area contributed by atoms with Gasteiger partial charge < -0.3 is 14.5 Å². The van der Waals surface area contributed by atoms with Crippen LogP contribution in [0, 0.1) is 0 Å². The summed E-state index contributed by atoms with van der Waals surface area (Å²) in [4.78, 5) is 9.85. The van der Waals surface area contributed by atoms with Crippen LogP contribution in [0.25, 0.3) is 38.8 Å². The van der Waals surface area contributed by atoms with Gasteiger partial charge >= 0.3 is 0 Å². The maximum Gasteiger partial charge on any atom is 0.137 e. The molecule has 0 amide bonds. The predicted octanol–water partition coefficient (Wildman–Crippen LogP) is 16.1. The smallest absolute Gasteiger partial charge is 0.137 e. The van der Waals surface area contributed by atoms with Gasteiger partial charge in [-0.2, -0.15) is 0 Å². The van der Waals surface area contributed by atoms with E-state index in [0.29, 0.717) is 6.67 Å². The van der Waals surface area contributed by atoms with E-state index in [1.54, 1.807) is 0 Å². The molecule has 8 aromatic rings. The number of fused-ring (bicyclic) bond motifs is 4. The lowest BCUT2D eigenvalue weighted by atomic mass is 9.80. The summed E-state index contributed by atoms with van der Waals surface area (Å²) >= 11 is 0. The van der Waals surface area contributed by atoms with Crippen LogP contribution < -0.4 is 14.5 Å². The average Bonchev–Trinajstić information content (AvgIpc) is 3.78. The lowest BCUT2D eigenvalue weighted by Gasteiger charge is -2.29. The second-order valence-electron chi connectivity index (χ2n) is 21.6. The van der Waals surface area contributed by atoms with E-state index in [0.717, 1.165) is 39.4 Å². The minimum Gasteiger partial charge on any atom is -0.457 e. The highest BCUT2D eigenvalue weighted by molar-refractivity contribution is 6.10. The summed E-state index contributed by atoms with van der Waals surface area (Å²) in [6, 6.07) is 51.1. The first-order valence-corrected chi connectivity index (χ1v) is 22.5. The lowest BCUT2D eigenvalue weighted by Crippen LogP contribution is -2.25. The number of anilines is 4. The van der Waals surface area contributed by atoms with Gasteiger partial charge in [-0.05, 0) is 122 Å². The van der Waals surface area contributed by atoms with E-state index >= 15 is 0 Å². The largest absolute Gasteiger partial charge is 0.457 e. The van der Waals surface area contributed by atoms with Gasteiger partial charge in [0.2, 0.25) is 0 Å². The Hall–Kier alpha value is -6.33. The molecule has 0 bridgehead atoms. The monoisotopic (exact) mass is 830 g/mol. The molecule has 0 saturated carbocycles. The van der Waals surface area contributed by atoms with Crippen LogP contribution in [0.2, 0.25) is 0 Å². The molecule has 9 rings (SSSR count). The molecular formula is C58H62N4O. The van der Waals surface area contributed by atoms with E-state index in [1.807, 2.05) is 6.20 Å². The topological polar surface area (TPSA) is 33.5 Å². The van der Waals surface area contributed by atoms with Crippen LogP contribution in [0.15, 0.2) is 146 Å². The van der Waals surface area contributed by atoms with Crippen molar-refractivity contribution in [2.45, 2.75) is 105 Å². The Morgan fingerprint density at radius 1 is 0.429 bits per heavy atom. The minimum atomic E-state index is -0.0333. The number of benzene rings is 6. The average molecular weight is 831 g/mol. The van der Waals surface area contributed by atoms with Crippen molar-refractivity contribution in [3.8, 4) is 28.4 Å². The van der Waals surface area contributed by atoms with Gasteiger partial charge in [-0.1, -0.05) is 144 Å².